The Morgan fingerprint density at radius 2 is 1.94 bits per heavy atom. The molecule has 1 amide bonds. The van der Waals surface area contributed by atoms with Gasteiger partial charge in [0.1, 0.15) is 24.0 Å². The Labute approximate surface area is 208 Å². The molecule has 2 atom stereocenters. The van der Waals surface area contributed by atoms with Crippen LogP contribution in [0.2, 0.25) is 0 Å². The van der Waals surface area contributed by atoms with Crippen LogP contribution in [0.5, 0.6) is 5.75 Å². The van der Waals surface area contributed by atoms with Gasteiger partial charge in [0.15, 0.2) is 0 Å². The topological polar surface area (TPSA) is 99.9 Å². The Hall–Kier alpha value is -3.73. The maximum Gasteiger partial charge on any atom is 0.228 e. The Morgan fingerprint density at radius 1 is 1.20 bits per heavy atom. The van der Waals surface area contributed by atoms with Gasteiger partial charge in [-0.3, -0.25) is 4.79 Å². The summed E-state index contributed by atoms with van der Waals surface area (Å²) in [4.78, 5) is 21.2. The molecule has 4 rings (SSSR count). The molecule has 2 aromatic heterocycles. The summed E-state index contributed by atoms with van der Waals surface area (Å²) in [6.45, 7) is 2.40. The van der Waals surface area contributed by atoms with Crippen molar-refractivity contribution >= 4 is 64.0 Å². The monoisotopic (exact) mass is 457 g/mol. The van der Waals surface area contributed by atoms with Gasteiger partial charge in [-0.2, -0.15) is 5.26 Å². The fraction of sp³-hybridized carbons (Fsp3) is 0.280. The van der Waals surface area contributed by atoms with Crippen LogP contribution in [0.3, 0.4) is 0 Å². The molecular weight excluding hydrogens is 435 g/mol. The molecule has 3 aromatic rings. The third-order valence-electron chi connectivity index (χ3n) is 5.65. The van der Waals surface area contributed by atoms with E-state index in [1.165, 1.54) is 0 Å². The van der Waals surface area contributed by atoms with Crippen molar-refractivity contribution in [2.45, 2.75) is 25.0 Å². The van der Waals surface area contributed by atoms with Gasteiger partial charge in [0.2, 0.25) is 5.91 Å². The average molecular weight is 457 g/mol. The maximum absolute atomic E-state index is 12.4. The molecule has 2 N–H and O–H groups in total. The van der Waals surface area contributed by atoms with Gasteiger partial charge in [0.25, 0.3) is 0 Å². The second kappa shape index (κ2) is 10.3. The molecule has 1 fully saturated rings. The maximum atomic E-state index is 12.4. The summed E-state index contributed by atoms with van der Waals surface area (Å²) >= 11 is 0. The number of ether oxygens (including phenoxy) is 1. The van der Waals surface area contributed by atoms with E-state index in [0.29, 0.717) is 41.7 Å². The number of carbonyl (C=O) groups is 1. The normalized spacial score (nSPS) is 17.1. The molecule has 0 spiro atoms. The molecule has 168 valence electrons. The van der Waals surface area contributed by atoms with Crippen molar-refractivity contribution in [3.63, 3.8) is 0 Å². The summed E-state index contributed by atoms with van der Waals surface area (Å²) in [6.07, 6.45) is 8.35. The molecule has 0 bridgehead atoms. The molecule has 7 nitrogen and oxygen atoms in total. The molecule has 0 unspecified atom stereocenters. The standard InChI is InChI=1S/C25H22B3N5O2/c1-15-11-19(15)24(34)32-22-12-20-17(13-31-23(21(20)14-30-22)33-25(26,27)28)6-3-16-4-7-18(8-5-16)35-10-2-9-29/h3-8,12-15,19H,2,10-11H2,1H3,(H,31,33)(H,30,32,34)/b6-3+/t15-,19+/m1/s1. The summed E-state index contributed by atoms with van der Waals surface area (Å²) in [5, 5.41) is 14.1. The number of pyridine rings is 2. The Morgan fingerprint density at radius 3 is 2.60 bits per heavy atom. The number of anilines is 2. The third-order valence-corrected chi connectivity index (χ3v) is 5.65. The summed E-state index contributed by atoms with van der Waals surface area (Å²) in [6, 6.07) is 11.4. The SMILES string of the molecule is [B]C([B])([B])Nc1ncc(/C=C/c2ccc(OCCC#N)cc2)c2cc(NC(=O)[C@H]3C[C@H]3C)ncc12. The summed E-state index contributed by atoms with van der Waals surface area (Å²) in [5.74, 6) is 1.92. The van der Waals surface area contributed by atoms with Crippen molar-refractivity contribution in [3.8, 4) is 11.8 Å². The Bertz CT molecular complexity index is 1300. The lowest BCUT2D eigenvalue weighted by Gasteiger charge is -2.24. The number of amides is 1. The van der Waals surface area contributed by atoms with Crippen molar-refractivity contribution in [1.29, 1.82) is 5.26 Å². The second-order valence-corrected chi connectivity index (χ2v) is 8.70. The zero-order valence-electron chi connectivity index (χ0n) is 19.4. The van der Waals surface area contributed by atoms with Crippen molar-refractivity contribution in [3.05, 3.63) is 53.9 Å². The number of carbonyl (C=O) groups excluding carboxylic acids is 1. The smallest absolute Gasteiger partial charge is 0.228 e. The van der Waals surface area contributed by atoms with Gasteiger partial charge in [0.05, 0.1) is 36.0 Å². The van der Waals surface area contributed by atoms with Gasteiger partial charge in [-0.1, -0.05) is 36.4 Å². The molecule has 35 heavy (non-hydrogen) atoms. The summed E-state index contributed by atoms with van der Waals surface area (Å²) in [7, 11) is 17.2. The highest BCUT2D eigenvalue weighted by molar-refractivity contribution is 6.60. The van der Waals surface area contributed by atoms with Gasteiger partial charge in [-0.05, 0) is 41.5 Å². The van der Waals surface area contributed by atoms with E-state index in [2.05, 4.69) is 20.6 Å². The first-order chi connectivity index (χ1) is 16.7. The van der Waals surface area contributed by atoms with Crippen LogP contribution in [0.15, 0.2) is 42.7 Å². The molecule has 0 aliphatic heterocycles. The van der Waals surface area contributed by atoms with Crippen LogP contribution in [0.4, 0.5) is 11.6 Å². The number of fused-ring (bicyclic) bond motifs is 1. The van der Waals surface area contributed by atoms with E-state index in [9.17, 15) is 4.79 Å². The van der Waals surface area contributed by atoms with Gasteiger partial charge in [-0.15, -0.1) is 0 Å². The van der Waals surface area contributed by atoms with Crippen molar-refractivity contribution in [1.82, 2.24) is 9.97 Å². The van der Waals surface area contributed by atoms with E-state index >= 15 is 0 Å². The molecule has 10 heteroatoms. The number of benzene rings is 1. The zero-order valence-corrected chi connectivity index (χ0v) is 19.4. The van der Waals surface area contributed by atoms with Gasteiger partial charge >= 0.3 is 0 Å². The minimum absolute atomic E-state index is 0.0284. The van der Waals surface area contributed by atoms with Gasteiger partial charge in [0, 0.05) is 29.3 Å². The molecule has 1 aliphatic carbocycles. The van der Waals surface area contributed by atoms with E-state index in [-0.39, 0.29) is 11.8 Å². The van der Waals surface area contributed by atoms with Crippen LogP contribution in [0, 0.1) is 23.2 Å². The van der Waals surface area contributed by atoms with Crippen LogP contribution in [0.1, 0.15) is 30.9 Å². The van der Waals surface area contributed by atoms with Crippen molar-refractivity contribution in [2.24, 2.45) is 11.8 Å². The summed E-state index contributed by atoms with van der Waals surface area (Å²) in [5.41, 5.74) is 1.75. The third kappa shape index (κ3) is 6.45. The van der Waals surface area contributed by atoms with E-state index in [4.69, 9.17) is 33.5 Å². The number of nitrogens with one attached hydrogen (secondary N) is 2. The minimum atomic E-state index is -1.66. The highest BCUT2D eigenvalue weighted by Crippen LogP contribution is 2.38. The first-order valence-corrected chi connectivity index (χ1v) is 11.3. The second-order valence-electron chi connectivity index (χ2n) is 8.70. The number of aromatic nitrogens is 2. The fourth-order valence-electron chi connectivity index (χ4n) is 3.64. The molecule has 1 saturated carbocycles. The van der Waals surface area contributed by atoms with Crippen LogP contribution in [0.25, 0.3) is 22.9 Å². The number of nitriles is 1. The van der Waals surface area contributed by atoms with E-state index in [1.54, 1.807) is 18.5 Å². The highest BCUT2D eigenvalue weighted by Gasteiger charge is 2.39. The fourth-order valence-corrected chi connectivity index (χ4v) is 3.64. The summed E-state index contributed by atoms with van der Waals surface area (Å²) < 4.78 is 5.51. The lowest BCUT2D eigenvalue weighted by molar-refractivity contribution is -0.117. The average Bonchev–Trinajstić information content (AvgIpc) is 3.55. The lowest BCUT2D eigenvalue weighted by atomic mass is 9.49. The van der Waals surface area contributed by atoms with Crippen LogP contribution in [-0.2, 0) is 4.79 Å². The Balaban J connectivity index is 1.62. The number of hydrogen-bond acceptors (Lipinski definition) is 6. The van der Waals surface area contributed by atoms with Gasteiger partial charge in [-0.25, -0.2) is 9.97 Å². The predicted octanol–water partition coefficient (Wildman–Crippen LogP) is 3.22. The minimum Gasteiger partial charge on any atom is -0.493 e. The number of nitrogens with zero attached hydrogens (tertiary/aromatic N) is 3. The van der Waals surface area contributed by atoms with Gasteiger partial charge < -0.3 is 15.4 Å². The van der Waals surface area contributed by atoms with Crippen molar-refractivity contribution < 1.29 is 9.53 Å². The molecule has 6 radical (unpaired) electrons. The molecule has 1 aromatic carbocycles. The lowest BCUT2D eigenvalue weighted by Crippen LogP contribution is -2.40. The van der Waals surface area contributed by atoms with Crippen molar-refractivity contribution in [2.75, 3.05) is 17.2 Å². The largest absolute Gasteiger partial charge is 0.493 e. The van der Waals surface area contributed by atoms with E-state index in [0.717, 1.165) is 22.9 Å². The van der Waals surface area contributed by atoms with E-state index in [1.807, 2.05) is 49.4 Å². The molecule has 2 heterocycles. The quantitative estimate of drug-likeness (QED) is 0.379. The number of hydrogen-bond donors (Lipinski definition) is 2. The van der Waals surface area contributed by atoms with Crippen LogP contribution >= 0.6 is 0 Å². The first kappa shape index (κ1) is 24.4. The van der Waals surface area contributed by atoms with E-state index < -0.39 is 5.24 Å². The Kier molecular flexibility index (Phi) is 7.16. The molecule has 0 saturated heterocycles. The molecule has 1 aliphatic rings. The predicted molar refractivity (Wildman–Crippen MR) is 140 cm³/mol. The molecular formula is C25H22B3N5O2. The van der Waals surface area contributed by atoms with Crippen LogP contribution in [-0.4, -0.2) is 51.3 Å². The first-order valence-electron chi connectivity index (χ1n) is 11.3. The zero-order chi connectivity index (χ0) is 25.0. The number of rotatable bonds is 9. The van der Waals surface area contributed by atoms with Crippen LogP contribution < -0.4 is 15.4 Å². The highest BCUT2D eigenvalue weighted by atomic mass is 16.5.